The zero-order valence-corrected chi connectivity index (χ0v) is 12.7. The van der Waals surface area contributed by atoms with Crippen molar-refractivity contribution in [2.24, 2.45) is 0 Å². The second kappa shape index (κ2) is 7.22. The Hall–Kier alpha value is -1.65. The maximum Gasteiger partial charge on any atom is 0.241 e. The molecular weight excluding hydrogens is 268 g/mol. The van der Waals surface area contributed by atoms with Gasteiger partial charge in [-0.25, -0.2) is 0 Å². The van der Waals surface area contributed by atoms with Crippen LogP contribution in [0.15, 0.2) is 47.2 Å². The van der Waals surface area contributed by atoms with Gasteiger partial charge >= 0.3 is 0 Å². The molecule has 0 aliphatic heterocycles. The first-order valence-corrected chi connectivity index (χ1v) is 7.72. The summed E-state index contributed by atoms with van der Waals surface area (Å²) in [5, 5.41) is 7.16. The van der Waals surface area contributed by atoms with Crippen LogP contribution in [0.2, 0.25) is 0 Å². The molecule has 0 radical (unpaired) electrons. The third-order valence-corrected chi connectivity index (χ3v) is 4.01. The van der Waals surface area contributed by atoms with E-state index in [9.17, 15) is 4.79 Å². The molecule has 0 saturated heterocycles. The lowest BCUT2D eigenvalue weighted by Crippen LogP contribution is -2.40. The van der Waals surface area contributed by atoms with Crippen molar-refractivity contribution in [2.75, 3.05) is 12.4 Å². The van der Waals surface area contributed by atoms with Crippen LogP contribution in [-0.4, -0.2) is 23.9 Å². The Morgan fingerprint density at radius 1 is 1.30 bits per heavy atom. The predicted molar refractivity (Wildman–Crippen MR) is 84.9 cm³/mol. The van der Waals surface area contributed by atoms with E-state index in [2.05, 4.69) is 27.0 Å². The average Bonchev–Trinajstić information content (AvgIpc) is 2.93. The van der Waals surface area contributed by atoms with E-state index in [4.69, 9.17) is 0 Å². The second-order valence-corrected chi connectivity index (χ2v) is 5.61. The Morgan fingerprint density at radius 2 is 2.05 bits per heavy atom. The van der Waals surface area contributed by atoms with Gasteiger partial charge in [-0.05, 0) is 48.0 Å². The highest BCUT2D eigenvalue weighted by molar-refractivity contribution is 7.07. The summed E-state index contributed by atoms with van der Waals surface area (Å²) in [6.45, 7) is 2.84. The molecule has 0 fully saturated rings. The van der Waals surface area contributed by atoms with Gasteiger partial charge in [-0.3, -0.25) is 9.69 Å². The smallest absolute Gasteiger partial charge is 0.241 e. The van der Waals surface area contributed by atoms with E-state index >= 15 is 0 Å². The summed E-state index contributed by atoms with van der Waals surface area (Å²) in [6.07, 6.45) is 0.791. The van der Waals surface area contributed by atoms with Crippen LogP contribution >= 0.6 is 11.3 Å². The summed E-state index contributed by atoms with van der Waals surface area (Å²) in [4.78, 5) is 14.5. The maximum atomic E-state index is 12.4. The Kier molecular flexibility index (Phi) is 5.32. The Bertz CT molecular complexity index is 525. The number of amides is 1. The van der Waals surface area contributed by atoms with Gasteiger partial charge in [0.1, 0.15) is 0 Å². The number of para-hydroxylation sites is 1. The van der Waals surface area contributed by atoms with E-state index < -0.39 is 0 Å². The molecule has 0 spiro atoms. The fraction of sp³-hybridized carbons (Fsp3) is 0.312. The molecule has 0 bridgehead atoms. The fourth-order valence-electron chi connectivity index (χ4n) is 2.23. The number of likely N-dealkylation sites (N-methyl/N-ethyl adjacent to an activating group) is 1. The highest BCUT2D eigenvalue weighted by Crippen LogP contribution is 2.14. The predicted octanol–water partition coefficient (Wildman–Crippen LogP) is 3.60. The molecule has 20 heavy (non-hydrogen) atoms. The normalized spacial score (nSPS) is 12.3. The molecule has 1 aromatic carbocycles. The molecule has 106 valence electrons. The summed E-state index contributed by atoms with van der Waals surface area (Å²) in [7, 11) is 2.00. The molecule has 0 unspecified atom stereocenters. The molecule has 1 N–H and O–H groups in total. The maximum absolute atomic E-state index is 12.4. The summed E-state index contributed by atoms with van der Waals surface area (Å²) >= 11 is 1.68. The van der Waals surface area contributed by atoms with Gasteiger partial charge in [-0.15, -0.1) is 0 Å². The highest BCUT2D eigenvalue weighted by Gasteiger charge is 2.21. The number of carbonyl (C=O) groups excluding carboxylic acids is 1. The van der Waals surface area contributed by atoms with Crippen molar-refractivity contribution in [3.05, 3.63) is 52.7 Å². The lowest BCUT2D eigenvalue weighted by atomic mass is 10.1. The van der Waals surface area contributed by atoms with E-state index in [0.29, 0.717) is 0 Å². The van der Waals surface area contributed by atoms with Crippen molar-refractivity contribution in [3.8, 4) is 0 Å². The molecule has 2 aromatic rings. The van der Waals surface area contributed by atoms with E-state index in [0.717, 1.165) is 18.7 Å². The van der Waals surface area contributed by atoms with Crippen molar-refractivity contribution in [1.29, 1.82) is 0 Å². The molecule has 3 nitrogen and oxygen atoms in total. The molecular formula is C16H20N2OS. The van der Waals surface area contributed by atoms with Crippen molar-refractivity contribution in [2.45, 2.75) is 25.9 Å². The first-order valence-electron chi connectivity index (χ1n) is 6.78. The zero-order chi connectivity index (χ0) is 14.4. The summed E-state index contributed by atoms with van der Waals surface area (Å²) in [5.74, 6) is 0.0522. The quantitative estimate of drug-likeness (QED) is 0.881. The van der Waals surface area contributed by atoms with Crippen LogP contribution in [0.25, 0.3) is 0 Å². The van der Waals surface area contributed by atoms with Crippen LogP contribution in [0.1, 0.15) is 18.9 Å². The topological polar surface area (TPSA) is 32.3 Å². The second-order valence-electron chi connectivity index (χ2n) is 4.83. The van der Waals surface area contributed by atoms with Crippen molar-refractivity contribution in [1.82, 2.24) is 4.90 Å². The van der Waals surface area contributed by atoms with Crippen molar-refractivity contribution < 1.29 is 4.79 Å². The number of benzene rings is 1. The standard InChI is InChI=1S/C16H20N2OS/c1-3-15(18(2)11-13-9-10-20-12-13)16(19)17-14-7-5-4-6-8-14/h4-10,12,15H,3,11H2,1-2H3,(H,17,19)/t15-/m1/s1. The van der Waals surface area contributed by atoms with Crippen LogP contribution in [0.3, 0.4) is 0 Å². The lowest BCUT2D eigenvalue weighted by molar-refractivity contribution is -0.121. The molecule has 0 aliphatic carbocycles. The van der Waals surface area contributed by atoms with Gasteiger partial charge in [0.2, 0.25) is 5.91 Å². The largest absolute Gasteiger partial charge is 0.325 e. The molecule has 1 heterocycles. The minimum atomic E-state index is -0.116. The van der Waals surface area contributed by atoms with Gasteiger partial charge in [0, 0.05) is 12.2 Å². The van der Waals surface area contributed by atoms with E-state index in [1.54, 1.807) is 11.3 Å². The number of carbonyl (C=O) groups is 1. The molecule has 0 saturated carbocycles. The van der Waals surface area contributed by atoms with Gasteiger partial charge < -0.3 is 5.32 Å². The fourth-order valence-corrected chi connectivity index (χ4v) is 2.88. The minimum absolute atomic E-state index is 0.0522. The number of thiophene rings is 1. The molecule has 2 rings (SSSR count). The van der Waals surface area contributed by atoms with Crippen LogP contribution in [0, 0.1) is 0 Å². The third-order valence-electron chi connectivity index (χ3n) is 3.27. The number of nitrogens with one attached hydrogen (secondary N) is 1. The van der Waals surface area contributed by atoms with Gasteiger partial charge in [-0.1, -0.05) is 25.1 Å². The number of nitrogens with zero attached hydrogens (tertiary/aromatic N) is 1. The molecule has 1 atom stereocenters. The molecule has 1 amide bonds. The number of anilines is 1. The van der Waals surface area contributed by atoms with Gasteiger partial charge in [-0.2, -0.15) is 11.3 Å². The van der Waals surface area contributed by atoms with Gasteiger partial charge in [0.25, 0.3) is 0 Å². The first-order chi connectivity index (χ1) is 9.70. The number of hydrogen-bond acceptors (Lipinski definition) is 3. The molecule has 0 aliphatic rings. The van der Waals surface area contributed by atoms with E-state index in [1.165, 1.54) is 5.56 Å². The summed E-state index contributed by atoms with van der Waals surface area (Å²) in [6, 6.07) is 11.6. The van der Waals surface area contributed by atoms with Gasteiger partial charge in [0.05, 0.1) is 6.04 Å². The van der Waals surface area contributed by atoms with E-state index in [1.807, 2.05) is 44.3 Å². The Morgan fingerprint density at radius 3 is 2.65 bits per heavy atom. The number of hydrogen-bond donors (Lipinski definition) is 1. The average molecular weight is 288 g/mol. The van der Waals surface area contributed by atoms with Crippen molar-refractivity contribution >= 4 is 22.9 Å². The van der Waals surface area contributed by atoms with Crippen LogP contribution in [0.5, 0.6) is 0 Å². The summed E-state index contributed by atoms with van der Waals surface area (Å²) < 4.78 is 0. The third kappa shape index (κ3) is 3.92. The number of rotatable bonds is 6. The minimum Gasteiger partial charge on any atom is -0.325 e. The highest BCUT2D eigenvalue weighted by atomic mass is 32.1. The van der Waals surface area contributed by atoms with Crippen LogP contribution in [-0.2, 0) is 11.3 Å². The zero-order valence-electron chi connectivity index (χ0n) is 11.9. The Balaban J connectivity index is 1.98. The van der Waals surface area contributed by atoms with Crippen LogP contribution < -0.4 is 5.32 Å². The van der Waals surface area contributed by atoms with Crippen LogP contribution in [0.4, 0.5) is 5.69 Å². The molecule has 4 heteroatoms. The Labute approximate surface area is 124 Å². The van der Waals surface area contributed by atoms with E-state index in [-0.39, 0.29) is 11.9 Å². The van der Waals surface area contributed by atoms with Gasteiger partial charge in [0.15, 0.2) is 0 Å². The monoisotopic (exact) mass is 288 g/mol. The SMILES string of the molecule is CC[C@H](C(=O)Nc1ccccc1)N(C)Cc1ccsc1. The summed E-state index contributed by atoms with van der Waals surface area (Å²) in [5.41, 5.74) is 2.10. The lowest BCUT2D eigenvalue weighted by Gasteiger charge is -2.25. The van der Waals surface area contributed by atoms with Crippen molar-refractivity contribution in [3.63, 3.8) is 0 Å². The molecule has 1 aromatic heterocycles. The first kappa shape index (κ1) is 14.8.